The van der Waals surface area contributed by atoms with Gasteiger partial charge in [-0.1, -0.05) is 224 Å². The van der Waals surface area contributed by atoms with Crippen molar-refractivity contribution in [1.82, 2.24) is 19.9 Å². The molecule has 72 heavy (non-hydrogen) atoms. The second-order valence-corrected chi connectivity index (χ2v) is 22.3. The van der Waals surface area contributed by atoms with Crippen LogP contribution in [0.4, 0.5) is 0 Å². The molecule has 13 aromatic rings. The van der Waals surface area contributed by atoms with Gasteiger partial charge in [-0.15, -0.1) is 0 Å². The number of benzene rings is 9. The first kappa shape index (κ1) is 43.5. The summed E-state index contributed by atoms with van der Waals surface area (Å²) in [7, 11) is -1.51. The summed E-state index contributed by atoms with van der Waals surface area (Å²) < 4.78 is 0. The average molecular weight is 955 g/mol. The maximum Gasteiger partial charge on any atom is 0.0972 e. The summed E-state index contributed by atoms with van der Waals surface area (Å²) in [6, 6.07) is 95.5. The zero-order valence-electron chi connectivity index (χ0n) is 39.1. The summed E-state index contributed by atoms with van der Waals surface area (Å²) in [4.78, 5) is 21.5. The van der Waals surface area contributed by atoms with E-state index in [2.05, 4.69) is 267 Å². The first-order valence-electron chi connectivity index (χ1n) is 24.2. The average Bonchev–Trinajstić information content (AvgIpc) is 3.46. The number of nitrogens with zero attached hydrogens (tertiary/aromatic N) is 4. The minimum Gasteiger partial charge on any atom is -0.245 e. The van der Waals surface area contributed by atoms with Gasteiger partial charge in [0.2, 0.25) is 0 Å². The van der Waals surface area contributed by atoms with Crippen molar-refractivity contribution in [1.29, 1.82) is 0 Å². The second kappa shape index (κ2) is 19.0. The van der Waals surface area contributed by atoms with E-state index in [0.717, 1.165) is 88.6 Å². The number of rotatable bonds is 10. The molecule has 13 rings (SSSR count). The van der Waals surface area contributed by atoms with Crippen LogP contribution in [0.2, 0.25) is 0 Å². The molecule has 0 aliphatic rings. The monoisotopic (exact) mass is 954 g/mol. The Morgan fingerprint density at radius 3 is 0.722 bits per heavy atom. The van der Waals surface area contributed by atoms with Gasteiger partial charge in [0.05, 0.1) is 44.8 Å². The van der Waals surface area contributed by atoms with Gasteiger partial charge in [0.25, 0.3) is 0 Å². The predicted octanol–water partition coefficient (Wildman–Crippen LogP) is 14.1. The summed E-state index contributed by atoms with van der Waals surface area (Å²) in [5.41, 5.74) is 11.3. The molecule has 0 saturated heterocycles. The molecule has 9 aromatic carbocycles. The Morgan fingerprint density at radius 2 is 0.431 bits per heavy atom. The highest BCUT2D eigenvalue weighted by atomic mass is 31.1. The molecule has 4 heterocycles. The number of fused-ring (bicyclic) bond motifs is 6. The lowest BCUT2D eigenvalue weighted by molar-refractivity contribution is 1.35. The van der Waals surface area contributed by atoms with Crippen molar-refractivity contribution in [2.45, 2.75) is 0 Å². The molecule has 0 atom stereocenters. The van der Waals surface area contributed by atoms with Gasteiger partial charge in [0.1, 0.15) is 0 Å². The third kappa shape index (κ3) is 8.41. The van der Waals surface area contributed by atoms with E-state index in [9.17, 15) is 0 Å². The van der Waals surface area contributed by atoms with Crippen LogP contribution in [0.15, 0.2) is 267 Å². The molecule has 0 aliphatic carbocycles. The maximum absolute atomic E-state index is 5.37. The topological polar surface area (TPSA) is 51.6 Å². The predicted molar refractivity (Wildman–Crippen MR) is 307 cm³/mol. The van der Waals surface area contributed by atoms with Gasteiger partial charge in [-0.3, -0.25) is 0 Å². The molecule has 4 aromatic heterocycles. The van der Waals surface area contributed by atoms with E-state index < -0.39 is 15.8 Å². The van der Waals surface area contributed by atoms with Gasteiger partial charge in [-0.05, 0) is 90.1 Å². The third-order valence-electron chi connectivity index (χ3n) is 13.4. The highest BCUT2D eigenvalue weighted by molar-refractivity contribution is 7.80. The van der Waals surface area contributed by atoms with Crippen LogP contribution < -0.4 is 31.8 Å². The number of pyridine rings is 4. The summed E-state index contributed by atoms with van der Waals surface area (Å²) >= 11 is 0. The SMILES string of the molecule is c1ccc(P(c2ccccc2)c2cccc(-c3ccc4ccc5ccc(-c6cccc(-c7ccc8ccc9ccc(-c%10cccc(P(c%11ccccc%11)c%11ccccc%11)c%10)nc9c8n7)c6)nc5c4n3)c2)cc1. The Labute approximate surface area is 420 Å². The lowest BCUT2D eigenvalue weighted by Gasteiger charge is -2.20. The van der Waals surface area contributed by atoms with Crippen LogP contribution in [0, 0.1) is 0 Å². The van der Waals surface area contributed by atoms with Gasteiger partial charge in [-0.25, -0.2) is 19.9 Å². The smallest absolute Gasteiger partial charge is 0.0972 e. The standard InChI is InChI=1S/C66H44N4P2/c1-5-20-53(21-6-1)71(54-22-7-2-8-23-54)57-28-14-18-51(43-57)61-40-36-47-32-30-45-34-38-59(67-63(45)65(47)69-61)49-16-13-17-50(42-49)60-39-35-46-31-33-48-37-41-62(70-66(48)64(46)68-60)52-19-15-29-58(44-52)72(55-24-9-3-10-25-55)56-26-11-4-12-27-56/h1-44H. The van der Waals surface area contributed by atoms with Crippen LogP contribution in [0.3, 0.4) is 0 Å². The van der Waals surface area contributed by atoms with Gasteiger partial charge in [-0.2, -0.15) is 0 Å². The van der Waals surface area contributed by atoms with Crippen molar-refractivity contribution in [3.05, 3.63) is 267 Å². The molecule has 0 radical (unpaired) electrons. The largest absolute Gasteiger partial charge is 0.245 e. The van der Waals surface area contributed by atoms with Crippen molar-refractivity contribution in [2.75, 3.05) is 0 Å². The Balaban J connectivity index is 0.843. The van der Waals surface area contributed by atoms with E-state index in [1.165, 1.54) is 31.8 Å². The minimum atomic E-state index is -0.756. The van der Waals surface area contributed by atoms with Crippen LogP contribution in [-0.2, 0) is 0 Å². The Hall–Kier alpha value is -8.52. The van der Waals surface area contributed by atoms with E-state index in [4.69, 9.17) is 19.9 Å². The number of aromatic nitrogens is 4. The molecule has 6 heteroatoms. The lowest BCUT2D eigenvalue weighted by Crippen LogP contribution is -2.20. The van der Waals surface area contributed by atoms with Crippen molar-refractivity contribution >= 4 is 91.3 Å². The van der Waals surface area contributed by atoms with E-state index in [1.54, 1.807) is 0 Å². The van der Waals surface area contributed by atoms with Gasteiger partial charge >= 0.3 is 0 Å². The van der Waals surface area contributed by atoms with Crippen LogP contribution >= 0.6 is 15.8 Å². The number of hydrogen-bond donors (Lipinski definition) is 0. The van der Waals surface area contributed by atoms with Crippen molar-refractivity contribution in [3.8, 4) is 45.0 Å². The first-order valence-corrected chi connectivity index (χ1v) is 26.9. The summed E-state index contributed by atoms with van der Waals surface area (Å²) in [6.45, 7) is 0. The van der Waals surface area contributed by atoms with Crippen molar-refractivity contribution in [3.63, 3.8) is 0 Å². The molecule has 338 valence electrons. The van der Waals surface area contributed by atoms with Gasteiger partial charge in [0.15, 0.2) is 0 Å². The molecular weight excluding hydrogens is 911 g/mol. The van der Waals surface area contributed by atoms with Crippen LogP contribution in [0.1, 0.15) is 0 Å². The third-order valence-corrected chi connectivity index (χ3v) is 18.2. The zero-order valence-corrected chi connectivity index (χ0v) is 40.9. The van der Waals surface area contributed by atoms with Gasteiger partial charge < -0.3 is 0 Å². The van der Waals surface area contributed by atoms with Crippen molar-refractivity contribution < 1.29 is 0 Å². The highest BCUT2D eigenvalue weighted by Gasteiger charge is 2.20. The van der Waals surface area contributed by atoms with Crippen molar-refractivity contribution in [2.24, 2.45) is 0 Å². The molecular formula is C66H44N4P2. The van der Waals surface area contributed by atoms with Crippen LogP contribution in [0.25, 0.3) is 88.6 Å². The fourth-order valence-corrected chi connectivity index (χ4v) is 14.5. The molecule has 0 N–H and O–H groups in total. The molecule has 0 saturated carbocycles. The second-order valence-electron chi connectivity index (χ2n) is 17.9. The molecule has 4 nitrogen and oxygen atoms in total. The normalized spacial score (nSPS) is 11.6. The minimum absolute atomic E-state index is 0.756. The Bertz CT molecular complexity index is 3770. The summed E-state index contributed by atoms with van der Waals surface area (Å²) in [5.74, 6) is 0. The van der Waals surface area contributed by atoms with Crippen LogP contribution in [-0.4, -0.2) is 19.9 Å². The molecule has 0 spiro atoms. The lowest BCUT2D eigenvalue weighted by atomic mass is 10.0. The summed E-state index contributed by atoms with van der Waals surface area (Å²) in [5, 5.41) is 12.1. The molecule has 0 unspecified atom stereocenters. The van der Waals surface area contributed by atoms with E-state index >= 15 is 0 Å². The fraction of sp³-hybridized carbons (Fsp3) is 0. The van der Waals surface area contributed by atoms with Gasteiger partial charge in [0, 0.05) is 43.8 Å². The maximum atomic E-state index is 5.37. The zero-order chi connectivity index (χ0) is 47.8. The molecule has 0 aliphatic heterocycles. The van der Waals surface area contributed by atoms with E-state index in [0.29, 0.717) is 0 Å². The fourth-order valence-electron chi connectivity index (χ4n) is 9.83. The quantitative estimate of drug-likeness (QED) is 0.101. The summed E-state index contributed by atoms with van der Waals surface area (Å²) in [6.07, 6.45) is 0. The Morgan fingerprint density at radius 1 is 0.194 bits per heavy atom. The molecule has 0 amide bonds. The molecule has 0 bridgehead atoms. The van der Waals surface area contributed by atoms with E-state index in [-0.39, 0.29) is 0 Å². The first-order chi connectivity index (χ1) is 35.7. The number of hydrogen-bond acceptors (Lipinski definition) is 4. The molecule has 0 fully saturated rings. The Kier molecular flexibility index (Phi) is 11.5. The van der Waals surface area contributed by atoms with E-state index in [1.807, 2.05) is 0 Å². The highest BCUT2D eigenvalue weighted by Crippen LogP contribution is 2.37. The van der Waals surface area contributed by atoms with Crippen LogP contribution in [0.5, 0.6) is 0 Å².